The van der Waals surface area contributed by atoms with Gasteiger partial charge in [-0.1, -0.05) is 6.07 Å². The van der Waals surface area contributed by atoms with Crippen LogP contribution in [0.2, 0.25) is 0 Å². The van der Waals surface area contributed by atoms with Crippen LogP contribution in [-0.4, -0.2) is 33.0 Å². The number of anilines is 2. The SMILES string of the molecule is CS(=O)(=O)c1cccc(C(=O)Nc2ccc3c(c2)CCCN3C(=O)C2CC2)c1. The molecule has 0 aromatic heterocycles. The van der Waals surface area contributed by atoms with Crippen molar-refractivity contribution in [2.45, 2.75) is 30.6 Å². The minimum atomic E-state index is -3.38. The summed E-state index contributed by atoms with van der Waals surface area (Å²) in [5.74, 6) is 0.00921. The van der Waals surface area contributed by atoms with Crippen molar-refractivity contribution in [1.82, 2.24) is 0 Å². The quantitative estimate of drug-likeness (QED) is 0.858. The second kappa shape index (κ2) is 7.05. The number of nitrogens with zero attached hydrogens (tertiary/aromatic N) is 1. The van der Waals surface area contributed by atoms with Crippen LogP contribution in [0.15, 0.2) is 47.4 Å². The van der Waals surface area contributed by atoms with E-state index >= 15 is 0 Å². The molecule has 1 fully saturated rings. The van der Waals surface area contributed by atoms with Crippen LogP contribution < -0.4 is 10.2 Å². The van der Waals surface area contributed by atoms with Crippen molar-refractivity contribution in [1.29, 1.82) is 0 Å². The highest BCUT2D eigenvalue weighted by molar-refractivity contribution is 7.90. The van der Waals surface area contributed by atoms with Crippen LogP contribution >= 0.6 is 0 Å². The Labute approximate surface area is 164 Å². The third kappa shape index (κ3) is 3.80. The number of carbonyl (C=O) groups excluding carboxylic acids is 2. The van der Waals surface area contributed by atoms with Gasteiger partial charge in [0.25, 0.3) is 5.91 Å². The molecule has 0 radical (unpaired) electrons. The molecule has 1 N–H and O–H groups in total. The van der Waals surface area contributed by atoms with Crippen molar-refractivity contribution in [3.63, 3.8) is 0 Å². The van der Waals surface area contributed by atoms with Crippen LogP contribution in [0.5, 0.6) is 0 Å². The number of benzene rings is 2. The maximum Gasteiger partial charge on any atom is 0.255 e. The van der Waals surface area contributed by atoms with Crippen molar-refractivity contribution in [2.75, 3.05) is 23.0 Å². The zero-order valence-electron chi connectivity index (χ0n) is 15.6. The predicted molar refractivity (Wildman–Crippen MR) is 107 cm³/mol. The summed E-state index contributed by atoms with van der Waals surface area (Å²) in [6.07, 6.45) is 4.83. The molecule has 2 aromatic carbocycles. The van der Waals surface area contributed by atoms with E-state index < -0.39 is 9.84 Å². The molecule has 2 aliphatic rings. The minimum Gasteiger partial charge on any atom is -0.322 e. The summed E-state index contributed by atoms with van der Waals surface area (Å²) < 4.78 is 23.4. The van der Waals surface area contributed by atoms with Gasteiger partial charge in [0, 0.05) is 35.7 Å². The monoisotopic (exact) mass is 398 g/mol. The van der Waals surface area contributed by atoms with Crippen molar-refractivity contribution in [3.05, 3.63) is 53.6 Å². The van der Waals surface area contributed by atoms with Gasteiger partial charge in [-0.2, -0.15) is 0 Å². The number of sulfone groups is 1. The van der Waals surface area contributed by atoms with Crippen LogP contribution in [0.4, 0.5) is 11.4 Å². The van der Waals surface area contributed by atoms with E-state index in [0.717, 1.165) is 49.7 Å². The Morgan fingerprint density at radius 3 is 2.61 bits per heavy atom. The Bertz CT molecular complexity index is 1060. The van der Waals surface area contributed by atoms with Gasteiger partial charge in [0.05, 0.1) is 4.90 Å². The van der Waals surface area contributed by atoms with E-state index in [1.807, 2.05) is 17.0 Å². The predicted octanol–water partition coefficient (Wildman–Crippen LogP) is 3.03. The van der Waals surface area contributed by atoms with Gasteiger partial charge in [0.15, 0.2) is 9.84 Å². The lowest BCUT2D eigenvalue weighted by Gasteiger charge is -2.30. The lowest BCUT2D eigenvalue weighted by atomic mass is 10.00. The second-order valence-corrected chi connectivity index (χ2v) is 9.48. The van der Waals surface area contributed by atoms with E-state index in [9.17, 15) is 18.0 Å². The van der Waals surface area contributed by atoms with Crippen LogP contribution in [0, 0.1) is 5.92 Å². The van der Waals surface area contributed by atoms with Gasteiger partial charge in [-0.3, -0.25) is 9.59 Å². The van der Waals surface area contributed by atoms with Gasteiger partial charge < -0.3 is 10.2 Å². The first-order valence-electron chi connectivity index (χ1n) is 9.39. The number of fused-ring (bicyclic) bond motifs is 1. The maximum absolute atomic E-state index is 12.6. The molecule has 2 aromatic rings. The first-order valence-corrected chi connectivity index (χ1v) is 11.3. The lowest BCUT2D eigenvalue weighted by Crippen LogP contribution is -2.36. The fourth-order valence-corrected chi connectivity index (χ4v) is 4.19. The third-order valence-corrected chi connectivity index (χ3v) is 6.28. The van der Waals surface area contributed by atoms with Gasteiger partial charge in [0.1, 0.15) is 0 Å². The molecule has 1 aliphatic heterocycles. The first-order chi connectivity index (χ1) is 13.3. The molecule has 4 rings (SSSR count). The highest BCUT2D eigenvalue weighted by Gasteiger charge is 2.35. The molecular weight excluding hydrogens is 376 g/mol. The maximum atomic E-state index is 12.6. The van der Waals surface area contributed by atoms with Crippen LogP contribution in [0.3, 0.4) is 0 Å². The summed E-state index contributed by atoms with van der Waals surface area (Å²) in [4.78, 5) is 27.0. The summed E-state index contributed by atoms with van der Waals surface area (Å²) >= 11 is 0. The number of hydrogen-bond acceptors (Lipinski definition) is 4. The van der Waals surface area contributed by atoms with Gasteiger partial charge >= 0.3 is 0 Å². The smallest absolute Gasteiger partial charge is 0.255 e. The summed E-state index contributed by atoms with van der Waals surface area (Å²) in [6.45, 7) is 0.742. The molecule has 0 spiro atoms. The molecule has 6 nitrogen and oxygen atoms in total. The Balaban J connectivity index is 1.55. The highest BCUT2D eigenvalue weighted by Crippen LogP contribution is 2.36. The summed E-state index contributed by atoms with van der Waals surface area (Å²) in [7, 11) is -3.38. The summed E-state index contributed by atoms with van der Waals surface area (Å²) in [5, 5.41) is 2.83. The fraction of sp³-hybridized carbons (Fsp3) is 0.333. The molecule has 146 valence electrons. The Morgan fingerprint density at radius 1 is 1.11 bits per heavy atom. The lowest BCUT2D eigenvalue weighted by molar-refractivity contribution is -0.119. The van der Waals surface area contributed by atoms with Gasteiger partial charge in [-0.15, -0.1) is 0 Å². The van der Waals surface area contributed by atoms with E-state index in [1.54, 1.807) is 18.2 Å². The highest BCUT2D eigenvalue weighted by atomic mass is 32.2. The van der Waals surface area contributed by atoms with E-state index in [2.05, 4.69) is 5.32 Å². The Morgan fingerprint density at radius 2 is 1.89 bits per heavy atom. The normalized spacial score (nSPS) is 16.4. The third-order valence-electron chi connectivity index (χ3n) is 5.17. The minimum absolute atomic E-state index is 0.111. The van der Waals surface area contributed by atoms with Crippen LogP contribution in [0.1, 0.15) is 35.2 Å². The molecule has 28 heavy (non-hydrogen) atoms. The topological polar surface area (TPSA) is 83.6 Å². The number of carbonyl (C=O) groups is 2. The van der Waals surface area contributed by atoms with Crippen molar-refractivity contribution < 1.29 is 18.0 Å². The Hall–Kier alpha value is -2.67. The average Bonchev–Trinajstić information content (AvgIpc) is 3.51. The fourth-order valence-electron chi connectivity index (χ4n) is 3.53. The molecule has 0 saturated heterocycles. The van der Waals surface area contributed by atoms with Crippen molar-refractivity contribution >= 4 is 33.0 Å². The molecule has 0 bridgehead atoms. The van der Waals surface area contributed by atoms with Gasteiger partial charge in [-0.05, 0) is 67.6 Å². The molecule has 1 saturated carbocycles. The van der Waals surface area contributed by atoms with Crippen molar-refractivity contribution in [2.24, 2.45) is 5.92 Å². The van der Waals surface area contributed by atoms with Gasteiger partial charge in [-0.25, -0.2) is 8.42 Å². The van der Waals surface area contributed by atoms with Crippen LogP contribution in [-0.2, 0) is 21.1 Å². The molecule has 1 aliphatic carbocycles. The average molecular weight is 398 g/mol. The number of aryl methyl sites for hydroxylation is 1. The van der Waals surface area contributed by atoms with Gasteiger partial charge in [0.2, 0.25) is 5.91 Å². The molecule has 2 amide bonds. The van der Waals surface area contributed by atoms with E-state index in [-0.39, 0.29) is 28.2 Å². The van der Waals surface area contributed by atoms with E-state index in [0.29, 0.717) is 5.69 Å². The number of amides is 2. The molecule has 0 atom stereocenters. The summed E-state index contributed by atoms with van der Waals surface area (Å²) in [5.41, 5.74) is 2.89. The zero-order chi connectivity index (χ0) is 19.9. The van der Waals surface area contributed by atoms with Crippen molar-refractivity contribution in [3.8, 4) is 0 Å². The number of nitrogens with one attached hydrogen (secondary N) is 1. The molecule has 0 unspecified atom stereocenters. The number of rotatable bonds is 4. The standard InChI is InChI=1S/C21H22N2O4S/c1-28(26,27)18-6-2-4-16(13-18)20(24)22-17-9-10-19-15(12-17)5-3-11-23(19)21(25)14-7-8-14/h2,4,6,9-10,12-14H,3,5,7-8,11H2,1H3,(H,22,24). The second-order valence-electron chi connectivity index (χ2n) is 7.47. The van der Waals surface area contributed by atoms with Crippen LogP contribution in [0.25, 0.3) is 0 Å². The summed E-state index contributed by atoms with van der Waals surface area (Å²) in [6, 6.07) is 11.6. The molecule has 1 heterocycles. The molecular formula is C21H22N2O4S. The van der Waals surface area contributed by atoms with E-state index in [4.69, 9.17) is 0 Å². The largest absolute Gasteiger partial charge is 0.322 e. The first kappa shape index (κ1) is 18.7. The molecule has 7 heteroatoms. The Kier molecular flexibility index (Phi) is 4.71. The van der Waals surface area contributed by atoms with E-state index in [1.165, 1.54) is 12.1 Å². The number of hydrogen-bond donors (Lipinski definition) is 1. The zero-order valence-corrected chi connectivity index (χ0v) is 16.5.